The Balaban J connectivity index is 1.32. The molecule has 0 spiro atoms. The number of nitrogens with one attached hydrogen (secondary N) is 1. The minimum Gasteiger partial charge on any atom is -0.341 e. The molecular weight excluding hydrogens is 552 g/mol. The molecule has 0 atom stereocenters. The molecule has 1 aromatic heterocycles. The molecule has 0 aliphatic carbocycles. The van der Waals surface area contributed by atoms with Crippen LogP contribution in [0.2, 0.25) is 0 Å². The quantitative estimate of drug-likeness (QED) is 0.460. The molecule has 2 aliphatic heterocycles. The summed E-state index contributed by atoms with van der Waals surface area (Å²) in [7, 11) is 0. The van der Waals surface area contributed by atoms with Crippen molar-refractivity contribution in [3.63, 3.8) is 0 Å². The van der Waals surface area contributed by atoms with E-state index in [-0.39, 0.29) is 42.2 Å². The predicted molar refractivity (Wildman–Crippen MR) is 154 cm³/mol. The van der Waals surface area contributed by atoms with Gasteiger partial charge in [0.15, 0.2) is 11.6 Å². The lowest BCUT2D eigenvalue weighted by Crippen LogP contribution is -2.51. The molecule has 1 fully saturated rings. The Hall–Kier alpha value is -3.93. The number of para-hydroxylation sites is 1. The van der Waals surface area contributed by atoms with Crippen LogP contribution in [-0.4, -0.2) is 68.6 Å². The zero-order valence-electron chi connectivity index (χ0n) is 22.6. The smallest absolute Gasteiger partial charge is 0.331 e. The Kier molecular flexibility index (Phi) is 8.57. The van der Waals surface area contributed by atoms with E-state index in [1.165, 1.54) is 23.9 Å². The predicted octanol–water partition coefficient (Wildman–Crippen LogP) is 3.40. The van der Waals surface area contributed by atoms with Gasteiger partial charge in [-0.05, 0) is 43.2 Å². The van der Waals surface area contributed by atoms with Crippen LogP contribution in [0.25, 0.3) is 11.1 Å². The van der Waals surface area contributed by atoms with Crippen molar-refractivity contribution in [2.24, 2.45) is 0 Å². The van der Waals surface area contributed by atoms with Gasteiger partial charge in [-0.1, -0.05) is 30.3 Å². The number of hydrogen-bond acceptors (Lipinski definition) is 5. The zero-order chi connectivity index (χ0) is 29.1. The van der Waals surface area contributed by atoms with Crippen molar-refractivity contribution in [2.45, 2.75) is 38.4 Å². The van der Waals surface area contributed by atoms with Gasteiger partial charge in [0, 0.05) is 55.4 Å². The average molecular weight is 584 g/mol. The molecule has 5 rings (SSSR count). The van der Waals surface area contributed by atoms with E-state index in [1.54, 1.807) is 4.90 Å². The SMILES string of the molecule is CSCCn1c(=O)c(-c2cccc(F)c2F)cn(CC(=O)N2CCC(N3CCc4ccccc4NC3=O)CC2)c1=O. The monoisotopic (exact) mass is 583 g/mol. The third-order valence-corrected chi connectivity index (χ3v) is 8.29. The molecule has 1 saturated heterocycles. The largest absolute Gasteiger partial charge is 0.341 e. The maximum absolute atomic E-state index is 14.6. The molecular formula is C29H31F2N5O4S. The van der Waals surface area contributed by atoms with E-state index in [0.717, 1.165) is 39.1 Å². The maximum Gasteiger partial charge on any atom is 0.331 e. The summed E-state index contributed by atoms with van der Waals surface area (Å²) in [6.45, 7) is 1.07. The molecule has 0 saturated carbocycles. The molecule has 9 nitrogen and oxygen atoms in total. The van der Waals surface area contributed by atoms with Crippen LogP contribution < -0.4 is 16.6 Å². The lowest BCUT2D eigenvalue weighted by molar-refractivity contribution is -0.133. The van der Waals surface area contributed by atoms with Crippen molar-refractivity contribution >= 4 is 29.4 Å². The lowest BCUT2D eigenvalue weighted by Gasteiger charge is -2.38. The third-order valence-electron chi connectivity index (χ3n) is 7.70. The number of thioether (sulfide) groups is 1. The number of benzene rings is 2. The van der Waals surface area contributed by atoms with Crippen LogP contribution in [0, 0.1) is 11.6 Å². The summed E-state index contributed by atoms with van der Waals surface area (Å²) in [6.07, 6.45) is 4.86. The number of hydrogen-bond donors (Lipinski definition) is 1. The number of likely N-dealkylation sites (tertiary alicyclic amines) is 1. The van der Waals surface area contributed by atoms with Gasteiger partial charge in [-0.15, -0.1) is 0 Å². The van der Waals surface area contributed by atoms with Gasteiger partial charge in [0.05, 0.1) is 5.56 Å². The van der Waals surface area contributed by atoms with E-state index in [1.807, 2.05) is 35.4 Å². The molecule has 3 aromatic rings. The summed E-state index contributed by atoms with van der Waals surface area (Å²) in [5.41, 5.74) is 0.00643. The van der Waals surface area contributed by atoms with Crippen molar-refractivity contribution in [3.8, 4) is 11.1 Å². The summed E-state index contributed by atoms with van der Waals surface area (Å²) in [6, 6.07) is 11.0. The molecule has 2 aliphatic rings. The second-order valence-corrected chi connectivity index (χ2v) is 11.1. The van der Waals surface area contributed by atoms with E-state index in [9.17, 15) is 28.0 Å². The first-order chi connectivity index (χ1) is 19.8. The molecule has 2 aromatic carbocycles. The minimum absolute atomic E-state index is 0.0351. The molecule has 41 heavy (non-hydrogen) atoms. The van der Waals surface area contributed by atoms with Crippen LogP contribution in [0.1, 0.15) is 18.4 Å². The zero-order valence-corrected chi connectivity index (χ0v) is 23.5. The average Bonchev–Trinajstić information content (AvgIpc) is 3.14. The maximum atomic E-state index is 14.6. The highest BCUT2D eigenvalue weighted by Gasteiger charge is 2.31. The van der Waals surface area contributed by atoms with Crippen molar-refractivity contribution in [3.05, 3.63) is 86.7 Å². The fraction of sp³-hybridized carbons (Fsp3) is 0.379. The van der Waals surface area contributed by atoms with Crippen LogP contribution in [0.4, 0.5) is 19.3 Å². The molecule has 0 unspecified atom stereocenters. The number of aromatic nitrogens is 2. The Morgan fingerprint density at radius 1 is 1.00 bits per heavy atom. The molecule has 0 bridgehead atoms. The third kappa shape index (κ3) is 5.92. The van der Waals surface area contributed by atoms with E-state index in [4.69, 9.17) is 0 Å². The van der Waals surface area contributed by atoms with Gasteiger partial charge < -0.3 is 15.1 Å². The number of rotatable bonds is 7. The molecule has 3 heterocycles. The summed E-state index contributed by atoms with van der Waals surface area (Å²) in [4.78, 5) is 56.0. The van der Waals surface area contributed by atoms with Crippen molar-refractivity contribution < 1.29 is 18.4 Å². The number of piperidine rings is 1. The summed E-state index contributed by atoms with van der Waals surface area (Å²) >= 11 is 1.42. The number of halogens is 2. The fourth-order valence-electron chi connectivity index (χ4n) is 5.45. The van der Waals surface area contributed by atoms with E-state index in [0.29, 0.717) is 38.2 Å². The number of carbonyl (C=O) groups is 2. The Bertz CT molecular complexity index is 1580. The molecule has 1 N–H and O–H groups in total. The molecule has 12 heteroatoms. The lowest BCUT2D eigenvalue weighted by atomic mass is 10.0. The molecule has 3 amide bonds. The van der Waals surface area contributed by atoms with Crippen molar-refractivity contribution in [1.82, 2.24) is 18.9 Å². The highest BCUT2D eigenvalue weighted by molar-refractivity contribution is 7.98. The first-order valence-corrected chi connectivity index (χ1v) is 14.9. The number of amides is 3. The number of anilines is 1. The normalized spacial score (nSPS) is 15.8. The van der Waals surface area contributed by atoms with Crippen LogP contribution in [0.15, 0.2) is 58.3 Å². The highest BCUT2D eigenvalue weighted by Crippen LogP contribution is 2.25. The number of urea groups is 1. The van der Waals surface area contributed by atoms with Gasteiger partial charge >= 0.3 is 11.7 Å². The molecule has 216 valence electrons. The second kappa shape index (κ2) is 12.3. The standard InChI is InChI=1S/C29H31F2N5O4S/c1-41-16-15-36-27(38)22(21-6-4-7-23(30)26(21)31)17-34(29(36)40)18-25(37)33-12-10-20(11-13-33)35-14-9-19-5-2-3-8-24(19)32-28(35)39/h2-8,17,20H,9-16,18H2,1H3,(H,32,39). The second-order valence-electron chi connectivity index (χ2n) is 10.1. The van der Waals surface area contributed by atoms with Gasteiger partial charge in [0.2, 0.25) is 5.91 Å². The Morgan fingerprint density at radius 3 is 2.51 bits per heavy atom. The van der Waals surface area contributed by atoms with Crippen molar-refractivity contribution in [1.29, 1.82) is 0 Å². The van der Waals surface area contributed by atoms with E-state index >= 15 is 0 Å². The molecule has 0 radical (unpaired) electrons. The van der Waals surface area contributed by atoms with Gasteiger partial charge in [-0.25, -0.2) is 18.4 Å². The highest BCUT2D eigenvalue weighted by atomic mass is 32.2. The van der Waals surface area contributed by atoms with Crippen LogP contribution >= 0.6 is 11.8 Å². The minimum atomic E-state index is -1.19. The van der Waals surface area contributed by atoms with E-state index in [2.05, 4.69) is 5.32 Å². The Morgan fingerprint density at radius 2 is 1.76 bits per heavy atom. The summed E-state index contributed by atoms with van der Waals surface area (Å²) in [5, 5.41) is 2.98. The van der Waals surface area contributed by atoms with E-state index < -0.39 is 22.9 Å². The first kappa shape index (κ1) is 28.6. The van der Waals surface area contributed by atoms with Gasteiger partial charge in [-0.3, -0.25) is 18.7 Å². The Labute approximate surface area is 239 Å². The number of fused-ring (bicyclic) bond motifs is 1. The van der Waals surface area contributed by atoms with Gasteiger partial charge in [0.1, 0.15) is 6.54 Å². The van der Waals surface area contributed by atoms with Crippen LogP contribution in [0.5, 0.6) is 0 Å². The number of carbonyl (C=O) groups excluding carboxylic acids is 2. The topological polar surface area (TPSA) is 96.7 Å². The van der Waals surface area contributed by atoms with Crippen LogP contribution in [-0.2, 0) is 24.3 Å². The van der Waals surface area contributed by atoms with Crippen LogP contribution in [0.3, 0.4) is 0 Å². The van der Waals surface area contributed by atoms with Gasteiger partial charge in [-0.2, -0.15) is 11.8 Å². The number of nitrogens with zero attached hydrogens (tertiary/aromatic N) is 4. The summed E-state index contributed by atoms with van der Waals surface area (Å²) < 4.78 is 30.7. The van der Waals surface area contributed by atoms with Crippen molar-refractivity contribution in [2.75, 3.05) is 37.0 Å². The van der Waals surface area contributed by atoms with Gasteiger partial charge in [0.25, 0.3) is 5.56 Å². The summed E-state index contributed by atoms with van der Waals surface area (Å²) in [5.74, 6) is -2.20. The first-order valence-electron chi connectivity index (χ1n) is 13.5. The fourth-order valence-corrected chi connectivity index (χ4v) is 5.82.